The number of nitrogens with one attached hydrogen (secondary N) is 2. The SMILES string of the molecule is C[C@H](CC[C@@H]1[C@H](C)c2cc(C(F)(F)F)ccc2N[C@H]1c1ccccc1)CNS(C)(=O)=O. The lowest BCUT2D eigenvalue weighted by molar-refractivity contribution is -0.137. The number of halogens is 3. The monoisotopic (exact) mass is 454 g/mol. The summed E-state index contributed by atoms with van der Waals surface area (Å²) in [5.74, 6) is 0.0964. The van der Waals surface area contributed by atoms with Crippen molar-refractivity contribution in [3.63, 3.8) is 0 Å². The van der Waals surface area contributed by atoms with E-state index < -0.39 is 21.8 Å². The van der Waals surface area contributed by atoms with Crippen molar-refractivity contribution in [1.82, 2.24) is 4.72 Å². The molecule has 0 amide bonds. The third kappa shape index (κ3) is 6.01. The molecule has 0 saturated heterocycles. The fourth-order valence-electron chi connectivity index (χ4n) is 4.32. The largest absolute Gasteiger partial charge is 0.416 e. The van der Waals surface area contributed by atoms with Crippen LogP contribution in [0.5, 0.6) is 0 Å². The van der Waals surface area contributed by atoms with Crippen molar-refractivity contribution in [1.29, 1.82) is 0 Å². The molecule has 1 aliphatic heterocycles. The van der Waals surface area contributed by atoms with Gasteiger partial charge in [-0.15, -0.1) is 0 Å². The number of sulfonamides is 1. The quantitative estimate of drug-likeness (QED) is 0.576. The Kier molecular flexibility index (Phi) is 7.01. The minimum Gasteiger partial charge on any atom is -0.378 e. The minimum absolute atomic E-state index is 0.0319. The lowest BCUT2D eigenvalue weighted by Crippen LogP contribution is -2.32. The zero-order chi connectivity index (χ0) is 22.8. The van der Waals surface area contributed by atoms with E-state index in [0.29, 0.717) is 12.1 Å². The molecule has 0 fully saturated rings. The van der Waals surface area contributed by atoms with Crippen LogP contribution in [0.3, 0.4) is 0 Å². The van der Waals surface area contributed by atoms with Crippen LogP contribution in [0.25, 0.3) is 0 Å². The van der Waals surface area contributed by atoms with E-state index in [2.05, 4.69) is 10.0 Å². The maximum atomic E-state index is 13.3. The van der Waals surface area contributed by atoms with E-state index in [1.54, 1.807) is 0 Å². The molecule has 0 spiro atoms. The van der Waals surface area contributed by atoms with Crippen LogP contribution in [-0.4, -0.2) is 21.2 Å². The maximum absolute atomic E-state index is 13.3. The van der Waals surface area contributed by atoms with Crippen molar-refractivity contribution >= 4 is 15.7 Å². The number of alkyl halides is 3. The zero-order valence-corrected chi connectivity index (χ0v) is 18.7. The van der Waals surface area contributed by atoms with E-state index in [1.165, 1.54) is 12.1 Å². The van der Waals surface area contributed by atoms with Crippen molar-refractivity contribution < 1.29 is 21.6 Å². The highest BCUT2D eigenvalue weighted by Crippen LogP contribution is 2.48. The molecule has 31 heavy (non-hydrogen) atoms. The van der Waals surface area contributed by atoms with Gasteiger partial charge in [-0.05, 0) is 59.9 Å². The first kappa shape index (κ1) is 23.6. The summed E-state index contributed by atoms with van der Waals surface area (Å²) in [6.07, 6.45) is -1.73. The summed E-state index contributed by atoms with van der Waals surface area (Å²) < 4.78 is 65.1. The number of anilines is 1. The van der Waals surface area contributed by atoms with Crippen LogP contribution in [-0.2, 0) is 16.2 Å². The first-order chi connectivity index (χ1) is 14.5. The van der Waals surface area contributed by atoms with Crippen LogP contribution in [0.4, 0.5) is 18.9 Å². The molecule has 4 atom stereocenters. The fraction of sp³-hybridized carbons (Fsp3) is 0.478. The Bertz CT molecular complexity index is 994. The van der Waals surface area contributed by atoms with Gasteiger partial charge in [-0.25, -0.2) is 13.1 Å². The lowest BCUT2D eigenvalue weighted by atomic mass is 9.73. The molecular formula is C23H29F3N2O2S. The molecule has 1 aliphatic rings. The number of benzene rings is 2. The molecule has 0 aromatic heterocycles. The Morgan fingerprint density at radius 1 is 1.13 bits per heavy atom. The van der Waals surface area contributed by atoms with Gasteiger partial charge in [0.25, 0.3) is 0 Å². The standard InChI is InChI=1S/C23H29F3N2O2S/c1-15(14-27-31(3,29)30)9-11-19-16(2)20-13-18(23(24,25)26)10-12-21(20)28-22(19)17-7-5-4-6-8-17/h4-8,10,12-13,15-16,19,22,27-28H,9,11,14H2,1-3H3/t15-,16+,19-,22+/m1/s1. The van der Waals surface area contributed by atoms with Gasteiger partial charge < -0.3 is 5.32 Å². The van der Waals surface area contributed by atoms with Gasteiger partial charge in [0.15, 0.2) is 0 Å². The molecule has 0 aliphatic carbocycles. The molecule has 4 nitrogen and oxygen atoms in total. The summed E-state index contributed by atoms with van der Waals surface area (Å²) in [6, 6.07) is 13.8. The normalized spacial score (nSPS) is 22.5. The molecule has 170 valence electrons. The Morgan fingerprint density at radius 2 is 1.81 bits per heavy atom. The minimum atomic E-state index is -4.38. The third-order valence-electron chi connectivity index (χ3n) is 6.10. The second-order valence-corrected chi connectivity index (χ2v) is 10.4. The molecule has 2 aromatic rings. The highest BCUT2D eigenvalue weighted by atomic mass is 32.2. The first-order valence-corrected chi connectivity index (χ1v) is 12.3. The van der Waals surface area contributed by atoms with Crippen LogP contribution in [0.15, 0.2) is 48.5 Å². The number of fused-ring (bicyclic) bond motifs is 1. The van der Waals surface area contributed by atoms with Gasteiger partial charge in [0.05, 0.1) is 17.9 Å². The summed E-state index contributed by atoms with van der Waals surface area (Å²) >= 11 is 0. The van der Waals surface area contributed by atoms with Crippen molar-refractivity contribution in [3.8, 4) is 0 Å². The van der Waals surface area contributed by atoms with Gasteiger partial charge in [0.1, 0.15) is 0 Å². The van der Waals surface area contributed by atoms with E-state index in [1.807, 2.05) is 44.2 Å². The van der Waals surface area contributed by atoms with Crippen LogP contribution >= 0.6 is 0 Å². The first-order valence-electron chi connectivity index (χ1n) is 10.4. The third-order valence-corrected chi connectivity index (χ3v) is 6.79. The Hall–Kier alpha value is -2.06. The molecule has 2 N–H and O–H groups in total. The van der Waals surface area contributed by atoms with E-state index in [0.717, 1.165) is 36.4 Å². The van der Waals surface area contributed by atoms with Gasteiger partial charge in [-0.1, -0.05) is 44.2 Å². The molecule has 0 unspecified atom stereocenters. The van der Waals surface area contributed by atoms with Crippen LogP contribution in [0.2, 0.25) is 0 Å². The average molecular weight is 455 g/mol. The summed E-state index contributed by atoms with van der Waals surface area (Å²) in [6.45, 7) is 4.31. The number of rotatable bonds is 7. The summed E-state index contributed by atoms with van der Waals surface area (Å²) in [4.78, 5) is 0. The van der Waals surface area contributed by atoms with Crippen molar-refractivity contribution in [3.05, 3.63) is 65.2 Å². The van der Waals surface area contributed by atoms with Gasteiger partial charge in [0.2, 0.25) is 10.0 Å². The van der Waals surface area contributed by atoms with Gasteiger partial charge >= 0.3 is 6.18 Å². The molecule has 8 heteroatoms. The van der Waals surface area contributed by atoms with Gasteiger partial charge in [-0.2, -0.15) is 13.2 Å². The average Bonchev–Trinajstić information content (AvgIpc) is 2.70. The zero-order valence-electron chi connectivity index (χ0n) is 17.9. The van der Waals surface area contributed by atoms with E-state index in [9.17, 15) is 21.6 Å². The van der Waals surface area contributed by atoms with Crippen molar-refractivity contribution in [2.45, 2.75) is 44.8 Å². The maximum Gasteiger partial charge on any atom is 0.416 e. The fourth-order valence-corrected chi connectivity index (χ4v) is 4.91. The predicted octanol–water partition coefficient (Wildman–Crippen LogP) is 5.56. The molecule has 2 aromatic carbocycles. The van der Waals surface area contributed by atoms with E-state index >= 15 is 0 Å². The lowest BCUT2D eigenvalue weighted by Gasteiger charge is -2.40. The molecule has 0 saturated carbocycles. The molecule has 0 bridgehead atoms. The number of hydrogen-bond acceptors (Lipinski definition) is 3. The Balaban J connectivity index is 1.86. The molecular weight excluding hydrogens is 425 g/mol. The highest BCUT2D eigenvalue weighted by Gasteiger charge is 2.37. The topological polar surface area (TPSA) is 58.2 Å². The summed E-state index contributed by atoms with van der Waals surface area (Å²) in [7, 11) is -3.25. The van der Waals surface area contributed by atoms with E-state index in [4.69, 9.17) is 0 Å². The van der Waals surface area contributed by atoms with Crippen LogP contribution in [0, 0.1) is 11.8 Å². The van der Waals surface area contributed by atoms with Gasteiger partial charge in [-0.3, -0.25) is 0 Å². The smallest absolute Gasteiger partial charge is 0.378 e. The number of hydrogen-bond donors (Lipinski definition) is 2. The molecule has 1 heterocycles. The predicted molar refractivity (Wildman–Crippen MR) is 117 cm³/mol. The second kappa shape index (κ2) is 9.20. The summed E-state index contributed by atoms with van der Waals surface area (Å²) in [5.41, 5.74) is 1.86. The van der Waals surface area contributed by atoms with Crippen LogP contribution < -0.4 is 10.0 Å². The highest BCUT2D eigenvalue weighted by molar-refractivity contribution is 7.88. The van der Waals surface area contributed by atoms with E-state index in [-0.39, 0.29) is 23.8 Å². The van der Waals surface area contributed by atoms with Crippen molar-refractivity contribution in [2.24, 2.45) is 11.8 Å². The Labute approximate surface area is 182 Å². The summed E-state index contributed by atoms with van der Waals surface area (Å²) in [5, 5.41) is 3.47. The molecule has 3 rings (SSSR count). The van der Waals surface area contributed by atoms with Gasteiger partial charge in [0, 0.05) is 12.2 Å². The second-order valence-electron chi connectivity index (χ2n) is 8.59. The van der Waals surface area contributed by atoms with Crippen molar-refractivity contribution in [2.75, 3.05) is 18.1 Å². The Morgan fingerprint density at radius 3 is 2.42 bits per heavy atom. The molecule has 0 radical (unpaired) electrons. The van der Waals surface area contributed by atoms with Crippen LogP contribution in [0.1, 0.15) is 55.3 Å².